The quantitative estimate of drug-likeness (QED) is 0.301. The number of ether oxygens (including phenoxy) is 2. The monoisotopic (exact) mass is 526 g/mol. The second-order valence-corrected chi connectivity index (χ2v) is 8.67. The number of rotatable bonds is 6. The predicted molar refractivity (Wildman–Crippen MR) is 137 cm³/mol. The number of aromatic nitrogens is 3. The molecule has 4 rings (SSSR count). The van der Waals surface area contributed by atoms with Crippen LogP contribution in [0, 0.1) is 12.3 Å². The summed E-state index contributed by atoms with van der Waals surface area (Å²) >= 11 is 0. The van der Waals surface area contributed by atoms with Crippen LogP contribution in [0.15, 0.2) is 65.2 Å². The zero-order valence-electron chi connectivity index (χ0n) is 22.2. The Morgan fingerprint density at radius 2 is 1.59 bits per heavy atom. The zero-order valence-corrected chi connectivity index (χ0v) is 25.3. The van der Waals surface area contributed by atoms with Gasteiger partial charge in [0.2, 0.25) is 17.7 Å². The molecule has 4 aromatic rings. The van der Waals surface area contributed by atoms with Gasteiger partial charge in [0.1, 0.15) is 0 Å². The zero-order chi connectivity index (χ0) is 26.1. The van der Waals surface area contributed by atoms with Crippen LogP contribution in [0.25, 0.3) is 0 Å². The maximum Gasteiger partial charge on any atom is 1.00 e. The molecule has 0 saturated heterocycles. The molecule has 2 aromatic carbocycles. The maximum absolute atomic E-state index is 12.3. The molecule has 2 heterocycles. The summed E-state index contributed by atoms with van der Waals surface area (Å²) in [6, 6.07) is 20.5. The van der Waals surface area contributed by atoms with E-state index >= 15 is 0 Å². The summed E-state index contributed by atoms with van der Waals surface area (Å²) in [4.78, 5) is 22.8. The molecule has 0 unspecified atom stereocenters. The van der Waals surface area contributed by atoms with Crippen LogP contribution in [-0.2, 0) is 5.41 Å². The molecule has 9 nitrogen and oxygen atoms in total. The molecule has 0 aliphatic carbocycles. The van der Waals surface area contributed by atoms with Crippen LogP contribution in [0.1, 0.15) is 36.9 Å². The van der Waals surface area contributed by atoms with Crippen molar-refractivity contribution >= 4 is 23.2 Å². The molecule has 0 aliphatic heterocycles. The van der Waals surface area contributed by atoms with Crippen molar-refractivity contribution in [2.75, 3.05) is 31.5 Å². The number of methoxy groups -OCH3 is 2. The average molecular weight is 527 g/mol. The van der Waals surface area contributed by atoms with Crippen LogP contribution in [0.4, 0.5) is 17.3 Å². The Kier molecular flexibility index (Phi) is 11.7. The molecule has 10 heteroatoms. The number of amides is 1. The van der Waals surface area contributed by atoms with Gasteiger partial charge in [-0.2, -0.15) is 34.2 Å². The van der Waals surface area contributed by atoms with Gasteiger partial charge in [-0.3, -0.25) is 4.79 Å². The van der Waals surface area contributed by atoms with Crippen LogP contribution in [0.5, 0.6) is 11.8 Å². The molecule has 0 atom stereocenters. The van der Waals surface area contributed by atoms with Crippen molar-refractivity contribution < 1.29 is 70.2 Å². The van der Waals surface area contributed by atoms with Crippen molar-refractivity contribution in [2.45, 2.75) is 26.2 Å². The normalized spacial score (nSPS) is 10.3. The van der Waals surface area contributed by atoms with Crippen molar-refractivity contribution in [3.8, 4) is 11.8 Å². The average Bonchev–Trinajstić information content (AvgIpc) is 3.45. The number of hydrogen-bond acceptors (Lipinski definition) is 8. The number of anilines is 3. The van der Waals surface area contributed by atoms with E-state index < -0.39 is 0 Å². The van der Waals surface area contributed by atoms with Gasteiger partial charge >= 0.3 is 51.4 Å². The summed E-state index contributed by atoms with van der Waals surface area (Å²) in [6.45, 7) is 6.21. The van der Waals surface area contributed by atoms with Gasteiger partial charge in [0.15, 0.2) is 0 Å². The second kappa shape index (κ2) is 14.2. The van der Waals surface area contributed by atoms with Crippen LogP contribution >= 0.6 is 0 Å². The Morgan fingerprint density at radius 3 is 2.05 bits per heavy atom. The van der Waals surface area contributed by atoms with Gasteiger partial charge < -0.3 is 24.2 Å². The second-order valence-electron chi connectivity index (χ2n) is 8.67. The van der Waals surface area contributed by atoms with E-state index in [9.17, 15) is 4.79 Å². The Hall–Kier alpha value is -2.76. The molecule has 0 fully saturated rings. The molecule has 1 N–H and O–H groups in total. The largest absolute Gasteiger partial charge is 1.00 e. The number of hydrogen-bond donors (Lipinski definition) is 1. The molecule has 0 radical (unpaired) electrons. The molecular weight excluding hydrogens is 497 g/mol. The third-order valence-corrected chi connectivity index (χ3v) is 5.01. The van der Waals surface area contributed by atoms with Crippen molar-refractivity contribution in [1.82, 2.24) is 15.1 Å². The van der Waals surface area contributed by atoms with Crippen LogP contribution < -0.4 is 71.1 Å². The number of nitrogens with one attached hydrogen (secondary N) is 1. The Balaban J connectivity index is 0.000000408. The first-order valence-corrected chi connectivity index (χ1v) is 11.1. The summed E-state index contributed by atoms with van der Waals surface area (Å²) in [6.07, 6.45) is 2.62. The van der Waals surface area contributed by atoms with Crippen molar-refractivity contribution in [3.05, 3.63) is 84.3 Å². The van der Waals surface area contributed by atoms with Gasteiger partial charge in [-0.25, -0.2) is 5.16 Å². The van der Waals surface area contributed by atoms with Gasteiger partial charge in [-0.05, 0) is 35.4 Å². The van der Waals surface area contributed by atoms with Gasteiger partial charge in [0, 0.05) is 18.3 Å². The molecule has 1 amide bonds. The van der Waals surface area contributed by atoms with Gasteiger partial charge in [0.05, 0.1) is 20.3 Å². The van der Waals surface area contributed by atoms with Gasteiger partial charge in [-0.1, -0.05) is 26.5 Å². The number of carbonyl (C=O) groups excluding carboxylic acids is 1. The first-order valence-electron chi connectivity index (χ1n) is 11.1. The predicted octanol–water partition coefficient (Wildman–Crippen LogP) is 2.09. The van der Waals surface area contributed by atoms with E-state index in [4.69, 9.17) is 14.0 Å². The van der Waals surface area contributed by atoms with Gasteiger partial charge in [0.25, 0.3) is 5.91 Å². The van der Waals surface area contributed by atoms with E-state index in [-0.39, 0.29) is 62.7 Å². The third-order valence-electron chi connectivity index (χ3n) is 5.01. The molecule has 2 aromatic heterocycles. The summed E-state index contributed by atoms with van der Waals surface area (Å²) in [5, 5.41) is 6.33. The minimum atomic E-state index is -0.185. The van der Waals surface area contributed by atoms with Crippen molar-refractivity contribution in [1.29, 1.82) is 0 Å². The van der Waals surface area contributed by atoms with E-state index in [0.717, 1.165) is 17.1 Å². The van der Waals surface area contributed by atoms with Crippen LogP contribution in [0.2, 0.25) is 0 Å². The summed E-state index contributed by atoms with van der Waals surface area (Å²) < 4.78 is 15.2. The van der Waals surface area contributed by atoms with Gasteiger partial charge in [-0.15, -0.1) is 18.3 Å². The van der Waals surface area contributed by atoms with E-state index in [1.807, 2.05) is 19.2 Å². The van der Waals surface area contributed by atoms with E-state index in [2.05, 4.69) is 53.5 Å². The molecule has 0 aliphatic rings. The first kappa shape index (κ1) is 30.5. The number of benzene rings is 2. The maximum atomic E-state index is 12.3. The summed E-state index contributed by atoms with van der Waals surface area (Å²) in [5.74, 6) is 1.92. The SMILES string of the molecule is CC(C)(C)c1c[c-]no1.COc1cc(OC)nc(N(C)c2ccc(C(=O)Nc3cc[c-]cc3)cc2)n1.[K+]. The van der Waals surface area contributed by atoms with Crippen LogP contribution in [-0.4, -0.2) is 42.3 Å². The minimum Gasteiger partial charge on any atom is -0.481 e. The van der Waals surface area contributed by atoms with E-state index in [0.29, 0.717) is 23.3 Å². The standard InChI is InChI=1S/C20H19N4O3.C7H10NO.K/c1-24(20-22-17(26-2)13-18(23-20)27-3)16-11-9-14(10-12-16)19(25)21-15-7-5-4-6-8-15;1-7(2,3)6-4-5-8-9-6;/h5-13H,1-3H3,(H,21,25);4H,1-3H3;/q2*-1;+1. The third kappa shape index (κ3) is 8.94. The fourth-order valence-corrected chi connectivity index (χ4v) is 2.92. The molecule has 37 heavy (non-hydrogen) atoms. The smallest absolute Gasteiger partial charge is 0.481 e. The summed E-state index contributed by atoms with van der Waals surface area (Å²) in [5.41, 5.74) is 2.14. The Morgan fingerprint density at radius 1 is 1.00 bits per heavy atom. The topological polar surface area (TPSA) is 103 Å². The van der Waals surface area contributed by atoms with Crippen molar-refractivity contribution in [2.24, 2.45) is 0 Å². The fourth-order valence-electron chi connectivity index (χ4n) is 2.92. The summed E-state index contributed by atoms with van der Waals surface area (Å²) in [7, 11) is 4.89. The Labute approximate surface area is 260 Å². The Bertz CT molecular complexity index is 1220. The fraction of sp³-hybridized carbons (Fsp3) is 0.259. The van der Waals surface area contributed by atoms with E-state index in [1.54, 1.807) is 53.4 Å². The van der Waals surface area contributed by atoms with Crippen LogP contribution in [0.3, 0.4) is 0 Å². The van der Waals surface area contributed by atoms with E-state index in [1.165, 1.54) is 14.2 Å². The molecule has 188 valence electrons. The molecular formula is C27H29KN5O4-. The molecule has 0 saturated carbocycles. The minimum absolute atomic E-state index is 0. The molecule has 0 spiro atoms. The van der Waals surface area contributed by atoms with Crippen molar-refractivity contribution in [3.63, 3.8) is 0 Å². The molecule has 0 bridgehead atoms. The first-order chi connectivity index (χ1) is 17.2. The number of nitrogens with zero attached hydrogens (tertiary/aromatic N) is 4. The number of carbonyl (C=O) groups is 1.